The van der Waals surface area contributed by atoms with Gasteiger partial charge in [0, 0.05) is 12.0 Å². The summed E-state index contributed by atoms with van der Waals surface area (Å²) in [5, 5.41) is 11.5. The highest BCUT2D eigenvalue weighted by Crippen LogP contribution is 2.44. The smallest absolute Gasteiger partial charge is 0.228 e. The van der Waals surface area contributed by atoms with Crippen molar-refractivity contribution >= 4 is 5.91 Å². The van der Waals surface area contributed by atoms with Crippen LogP contribution in [0.5, 0.6) is 0 Å². The summed E-state index contributed by atoms with van der Waals surface area (Å²) in [5.74, 6) is 0.0724. The third-order valence-electron chi connectivity index (χ3n) is 5.08. The van der Waals surface area contributed by atoms with Gasteiger partial charge < -0.3 is 10.0 Å². The van der Waals surface area contributed by atoms with Gasteiger partial charge >= 0.3 is 0 Å². The first-order valence-electron chi connectivity index (χ1n) is 8.89. The summed E-state index contributed by atoms with van der Waals surface area (Å²) in [4.78, 5) is 15.0. The molecular weight excluding hydrogens is 310 g/mol. The average Bonchev–Trinajstić information content (AvgIpc) is 2.60. The predicted molar refractivity (Wildman–Crippen MR) is 100 cm³/mol. The fourth-order valence-corrected chi connectivity index (χ4v) is 3.76. The second-order valence-electron chi connectivity index (χ2n) is 8.11. The molecule has 25 heavy (non-hydrogen) atoms. The predicted octanol–water partition coefficient (Wildman–Crippen LogP) is 4.07. The topological polar surface area (TPSA) is 40.5 Å². The summed E-state index contributed by atoms with van der Waals surface area (Å²) in [7, 11) is 0. The molecule has 3 heteroatoms. The molecule has 1 heterocycles. The largest absolute Gasteiger partial charge is 0.383 e. The molecule has 0 bridgehead atoms. The molecule has 2 aromatic rings. The fraction of sp³-hybridized carbons (Fsp3) is 0.409. The maximum absolute atomic E-state index is 13.1. The van der Waals surface area contributed by atoms with Gasteiger partial charge in [-0.05, 0) is 30.0 Å². The molecule has 3 rings (SSSR count). The van der Waals surface area contributed by atoms with Crippen LogP contribution in [-0.2, 0) is 16.8 Å². The molecule has 1 aliphatic rings. The Morgan fingerprint density at radius 3 is 2.24 bits per heavy atom. The number of nitrogens with zero attached hydrogens (tertiary/aromatic N) is 1. The molecule has 1 amide bonds. The molecule has 2 aromatic carbocycles. The van der Waals surface area contributed by atoms with E-state index in [4.69, 9.17) is 0 Å². The van der Waals surface area contributed by atoms with Crippen molar-refractivity contribution in [1.29, 1.82) is 0 Å². The molecule has 1 aliphatic heterocycles. The first-order chi connectivity index (χ1) is 11.7. The van der Waals surface area contributed by atoms with E-state index in [1.165, 1.54) is 5.56 Å². The standard InChI is InChI=1S/C22H27NO2/c1-21(2,3)20(24)23-15-14-16-10-8-9-13-18(16)19(23)22(4,25)17-11-6-5-7-12-17/h5-13,19,25H,14-15H2,1-4H3. The first-order valence-corrected chi connectivity index (χ1v) is 8.89. The Hall–Kier alpha value is -2.13. The average molecular weight is 337 g/mol. The zero-order chi connectivity index (χ0) is 18.2. The number of hydrogen-bond acceptors (Lipinski definition) is 2. The van der Waals surface area contributed by atoms with Crippen molar-refractivity contribution < 1.29 is 9.90 Å². The minimum absolute atomic E-state index is 0.0724. The van der Waals surface area contributed by atoms with Crippen LogP contribution in [-0.4, -0.2) is 22.5 Å². The number of rotatable bonds is 2. The van der Waals surface area contributed by atoms with Crippen LogP contribution in [0.4, 0.5) is 0 Å². The third-order valence-corrected chi connectivity index (χ3v) is 5.08. The Morgan fingerprint density at radius 1 is 1.00 bits per heavy atom. The highest BCUT2D eigenvalue weighted by atomic mass is 16.3. The maximum Gasteiger partial charge on any atom is 0.228 e. The molecule has 0 aromatic heterocycles. The molecule has 132 valence electrons. The molecule has 0 radical (unpaired) electrons. The molecule has 0 saturated carbocycles. The van der Waals surface area contributed by atoms with Crippen LogP contribution in [0.2, 0.25) is 0 Å². The maximum atomic E-state index is 13.1. The number of amides is 1. The highest BCUT2D eigenvalue weighted by Gasteiger charge is 2.45. The molecule has 2 unspecified atom stereocenters. The van der Waals surface area contributed by atoms with Gasteiger partial charge in [0.25, 0.3) is 0 Å². The number of benzene rings is 2. The number of aliphatic hydroxyl groups is 1. The summed E-state index contributed by atoms with van der Waals surface area (Å²) in [5.41, 5.74) is 1.42. The van der Waals surface area contributed by atoms with E-state index in [0.717, 1.165) is 17.5 Å². The minimum Gasteiger partial charge on any atom is -0.383 e. The van der Waals surface area contributed by atoms with Crippen LogP contribution in [0.1, 0.15) is 50.4 Å². The first kappa shape index (κ1) is 17.7. The van der Waals surface area contributed by atoms with Crippen LogP contribution in [0.3, 0.4) is 0 Å². The lowest BCUT2D eigenvalue weighted by atomic mass is 9.77. The van der Waals surface area contributed by atoms with Crippen LogP contribution in [0.25, 0.3) is 0 Å². The van der Waals surface area contributed by atoms with Gasteiger partial charge in [-0.3, -0.25) is 4.79 Å². The van der Waals surface area contributed by atoms with E-state index in [-0.39, 0.29) is 5.91 Å². The summed E-state index contributed by atoms with van der Waals surface area (Å²) in [6.07, 6.45) is 0.819. The molecule has 2 atom stereocenters. The number of hydrogen-bond donors (Lipinski definition) is 1. The van der Waals surface area contributed by atoms with Crippen molar-refractivity contribution in [3.8, 4) is 0 Å². The second kappa shape index (κ2) is 6.30. The van der Waals surface area contributed by atoms with E-state index in [9.17, 15) is 9.90 Å². The number of carbonyl (C=O) groups is 1. The SMILES string of the molecule is CC(C)(C)C(=O)N1CCc2ccccc2C1C(C)(O)c1ccccc1. The van der Waals surface area contributed by atoms with Crippen LogP contribution < -0.4 is 0 Å². The van der Waals surface area contributed by atoms with Crippen LogP contribution >= 0.6 is 0 Å². The van der Waals surface area contributed by atoms with E-state index in [2.05, 4.69) is 6.07 Å². The van der Waals surface area contributed by atoms with E-state index >= 15 is 0 Å². The van der Waals surface area contributed by atoms with E-state index in [1.54, 1.807) is 0 Å². The summed E-state index contributed by atoms with van der Waals surface area (Å²) in [6.45, 7) is 8.25. The molecular formula is C22H27NO2. The Morgan fingerprint density at radius 2 is 1.60 bits per heavy atom. The van der Waals surface area contributed by atoms with E-state index in [0.29, 0.717) is 6.54 Å². The normalized spacial score (nSPS) is 19.9. The lowest BCUT2D eigenvalue weighted by Gasteiger charge is -2.47. The fourth-order valence-electron chi connectivity index (χ4n) is 3.76. The van der Waals surface area contributed by atoms with Gasteiger partial charge in [-0.1, -0.05) is 75.4 Å². The molecule has 0 aliphatic carbocycles. The summed E-state index contributed by atoms with van der Waals surface area (Å²) >= 11 is 0. The lowest BCUT2D eigenvalue weighted by Crippen LogP contribution is -2.52. The Bertz CT molecular complexity index is 759. The van der Waals surface area contributed by atoms with Crippen LogP contribution in [0.15, 0.2) is 54.6 Å². The molecule has 1 N–H and O–H groups in total. The van der Waals surface area contributed by atoms with Gasteiger partial charge in [0.2, 0.25) is 5.91 Å². The van der Waals surface area contributed by atoms with Gasteiger partial charge in [-0.2, -0.15) is 0 Å². The lowest BCUT2D eigenvalue weighted by molar-refractivity contribution is -0.150. The van der Waals surface area contributed by atoms with Crippen molar-refractivity contribution in [2.75, 3.05) is 6.54 Å². The van der Waals surface area contributed by atoms with Crippen molar-refractivity contribution in [1.82, 2.24) is 4.90 Å². The van der Waals surface area contributed by atoms with Crippen molar-refractivity contribution in [2.24, 2.45) is 5.41 Å². The van der Waals surface area contributed by atoms with E-state index in [1.807, 2.05) is 81.1 Å². The molecule has 0 spiro atoms. The molecule has 0 fully saturated rings. The number of fused-ring (bicyclic) bond motifs is 1. The summed E-state index contributed by atoms with van der Waals surface area (Å²) < 4.78 is 0. The highest BCUT2D eigenvalue weighted by molar-refractivity contribution is 5.82. The van der Waals surface area contributed by atoms with Gasteiger partial charge in [0.1, 0.15) is 5.60 Å². The van der Waals surface area contributed by atoms with Gasteiger partial charge in [0.15, 0.2) is 0 Å². The van der Waals surface area contributed by atoms with Gasteiger partial charge in [-0.15, -0.1) is 0 Å². The van der Waals surface area contributed by atoms with Gasteiger partial charge in [0.05, 0.1) is 6.04 Å². The van der Waals surface area contributed by atoms with Crippen molar-refractivity contribution in [3.05, 3.63) is 71.3 Å². The molecule has 0 saturated heterocycles. The Labute approximate surface area is 150 Å². The minimum atomic E-state index is -1.17. The van der Waals surface area contributed by atoms with Crippen molar-refractivity contribution in [3.63, 3.8) is 0 Å². The van der Waals surface area contributed by atoms with Crippen molar-refractivity contribution in [2.45, 2.75) is 45.8 Å². The zero-order valence-electron chi connectivity index (χ0n) is 15.5. The monoisotopic (exact) mass is 337 g/mol. The quantitative estimate of drug-likeness (QED) is 0.897. The second-order valence-corrected chi connectivity index (χ2v) is 8.11. The number of carbonyl (C=O) groups excluding carboxylic acids is 1. The van der Waals surface area contributed by atoms with Gasteiger partial charge in [-0.25, -0.2) is 0 Å². The Balaban J connectivity index is 2.14. The third kappa shape index (κ3) is 3.21. The summed E-state index contributed by atoms with van der Waals surface area (Å²) in [6, 6.07) is 17.4. The zero-order valence-corrected chi connectivity index (χ0v) is 15.5. The molecule has 3 nitrogen and oxygen atoms in total. The van der Waals surface area contributed by atoms with Crippen LogP contribution in [0, 0.1) is 5.41 Å². The van der Waals surface area contributed by atoms with E-state index < -0.39 is 17.1 Å². The Kier molecular flexibility index (Phi) is 4.46.